The lowest BCUT2D eigenvalue weighted by Crippen LogP contribution is -2.48. The Labute approximate surface area is 170 Å². The standard InChI is InChI=1S/C21H28N4O2S/c1-3-19-23-17(15-28-19)14-24-10-12-25(13-11-24)20(26)8-9-22-21(27)18-7-5-4-6-16(18)2/h4-7,15H,3,8-14H2,1-2H3,(H,22,27). The van der Waals surface area contributed by atoms with E-state index >= 15 is 0 Å². The second-order valence-electron chi connectivity index (χ2n) is 7.06. The molecule has 1 aromatic heterocycles. The van der Waals surface area contributed by atoms with E-state index in [1.807, 2.05) is 30.0 Å². The first-order valence-electron chi connectivity index (χ1n) is 9.84. The smallest absolute Gasteiger partial charge is 0.251 e. The zero-order valence-corrected chi connectivity index (χ0v) is 17.4. The summed E-state index contributed by atoms with van der Waals surface area (Å²) in [7, 11) is 0. The average Bonchev–Trinajstić information content (AvgIpc) is 3.16. The third-order valence-electron chi connectivity index (χ3n) is 5.03. The quantitative estimate of drug-likeness (QED) is 0.775. The molecule has 1 fully saturated rings. The number of benzene rings is 1. The molecule has 28 heavy (non-hydrogen) atoms. The Balaban J connectivity index is 1.38. The van der Waals surface area contributed by atoms with E-state index in [0.29, 0.717) is 18.5 Å². The van der Waals surface area contributed by atoms with Crippen molar-refractivity contribution >= 4 is 23.2 Å². The predicted molar refractivity (Wildman–Crippen MR) is 111 cm³/mol. The van der Waals surface area contributed by atoms with E-state index in [1.165, 1.54) is 5.01 Å². The van der Waals surface area contributed by atoms with Crippen molar-refractivity contribution in [2.45, 2.75) is 33.2 Å². The molecule has 150 valence electrons. The summed E-state index contributed by atoms with van der Waals surface area (Å²) in [6, 6.07) is 7.47. The first-order valence-corrected chi connectivity index (χ1v) is 10.7. The molecule has 7 heteroatoms. The van der Waals surface area contributed by atoms with Gasteiger partial charge in [-0.2, -0.15) is 0 Å². The third kappa shape index (κ3) is 5.39. The molecule has 0 saturated carbocycles. The highest BCUT2D eigenvalue weighted by molar-refractivity contribution is 7.09. The molecule has 6 nitrogen and oxygen atoms in total. The van der Waals surface area contributed by atoms with Gasteiger partial charge in [-0.15, -0.1) is 11.3 Å². The molecule has 3 rings (SSSR count). The Morgan fingerprint density at radius 2 is 1.93 bits per heavy atom. The minimum absolute atomic E-state index is 0.103. The van der Waals surface area contributed by atoms with Gasteiger partial charge in [-0.3, -0.25) is 14.5 Å². The van der Waals surface area contributed by atoms with Gasteiger partial charge in [0.1, 0.15) is 0 Å². The van der Waals surface area contributed by atoms with Crippen molar-refractivity contribution in [3.8, 4) is 0 Å². The van der Waals surface area contributed by atoms with Gasteiger partial charge < -0.3 is 10.2 Å². The minimum Gasteiger partial charge on any atom is -0.352 e. The van der Waals surface area contributed by atoms with Gasteiger partial charge in [0.25, 0.3) is 5.91 Å². The maximum absolute atomic E-state index is 12.4. The zero-order valence-electron chi connectivity index (χ0n) is 16.6. The highest BCUT2D eigenvalue weighted by atomic mass is 32.1. The highest BCUT2D eigenvalue weighted by Crippen LogP contribution is 2.14. The monoisotopic (exact) mass is 400 g/mol. The van der Waals surface area contributed by atoms with Crippen molar-refractivity contribution in [2.24, 2.45) is 0 Å². The Hall–Kier alpha value is -2.25. The van der Waals surface area contributed by atoms with Crippen LogP contribution in [0, 0.1) is 6.92 Å². The van der Waals surface area contributed by atoms with Crippen LogP contribution in [0.4, 0.5) is 0 Å². The molecule has 0 aliphatic carbocycles. The van der Waals surface area contributed by atoms with Gasteiger partial charge >= 0.3 is 0 Å². The number of nitrogens with zero attached hydrogens (tertiary/aromatic N) is 3. The lowest BCUT2D eigenvalue weighted by Gasteiger charge is -2.34. The van der Waals surface area contributed by atoms with Crippen molar-refractivity contribution in [3.63, 3.8) is 0 Å². The molecular formula is C21H28N4O2S. The molecule has 0 unspecified atom stereocenters. The summed E-state index contributed by atoms with van der Waals surface area (Å²) in [6.45, 7) is 8.44. The Kier molecular flexibility index (Phi) is 7.17. The number of thiazole rings is 1. The van der Waals surface area contributed by atoms with E-state index in [2.05, 4.69) is 27.5 Å². The van der Waals surface area contributed by atoms with Crippen molar-refractivity contribution in [3.05, 3.63) is 51.5 Å². The number of nitrogens with one attached hydrogen (secondary N) is 1. The molecule has 0 radical (unpaired) electrons. The lowest BCUT2D eigenvalue weighted by atomic mass is 10.1. The summed E-state index contributed by atoms with van der Waals surface area (Å²) in [5, 5.41) is 6.16. The summed E-state index contributed by atoms with van der Waals surface area (Å²) in [5.74, 6) is -0.0166. The van der Waals surface area contributed by atoms with Crippen LogP contribution in [0.1, 0.15) is 40.0 Å². The first kappa shape index (κ1) is 20.5. The van der Waals surface area contributed by atoms with Gasteiger partial charge in [0.05, 0.1) is 10.7 Å². The average molecular weight is 401 g/mol. The van der Waals surface area contributed by atoms with Gasteiger partial charge in [-0.25, -0.2) is 4.98 Å². The Morgan fingerprint density at radius 1 is 1.18 bits per heavy atom. The van der Waals surface area contributed by atoms with Gasteiger partial charge in [0.2, 0.25) is 5.91 Å². The third-order valence-corrected chi connectivity index (χ3v) is 6.07. The zero-order chi connectivity index (χ0) is 19.9. The van der Waals surface area contributed by atoms with Gasteiger partial charge in [0.15, 0.2) is 0 Å². The van der Waals surface area contributed by atoms with Crippen LogP contribution in [0.2, 0.25) is 0 Å². The molecule has 0 spiro atoms. The van der Waals surface area contributed by atoms with Crippen molar-refractivity contribution in [2.75, 3.05) is 32.7 Å². The van der Waals surface area contributed by atoms with E-state index in [9.17, 15) is 9.59 Å². The highest BCUT2D eigenvalue weighted by Gasteiger charge is 2.21. The van der Waals surface area contributed by atoms with Gasteiger partial charge in [0, 0.05) is 56.6 Å². The topological polar surface area (TPSA) is 65.5 Å². The second-order valence-corrected chi connectivity index (χ2v) is 8.01. The fourth-order valence-corrected chi connectivity index (χ4v) is 4.07. The lowest BCUT2D eigenvalue weighted by molar-refractivity contribution is -0.132. The molecule has 2 heterocycles. The molecule has 1 N–H and O–H groups in total. The summed E-state index contributed by atoms with van der Waals surface area (Å²) < 4.78 is 0. The van der Waals surface area contributed by atoms with Crippen LogP contribution in [0.5, 0.6) is 0 Å². The SMILES string of the molecule is CCc1nc(CN2CCN(C(=O)CCNC(=O)c3ccccc3C)CC2)cs1. The molecular weight excluding hydrogens is 372 g/mol. The molecule has 1 aliphatic rings. The maximum Gasteiger partial charge on any atom is 0.251 e. The van der Waals surface area contributed by atoms with E-state index < -0.39 is 0 Å². The van der Waals surface area contributed by atoms with Gasteiger partial charge in [-0.1, -0.05) is 25.1 Å². The fraction of sp³-hybridized carbons (Fsp3) is 0.476. The molecule has 2 aromatic rings. The molecule has 0 bridgehead atoms. The Bertz CT molecular complexity index is 812. The summed E-state index contributed by atoms with van der Waals surface area (Å²) in [4.78, 5) is 33.5. The van der Waals surface area contributed by atoms with Crippen LogP contribution < -0.4 is 5.32 Å². The number of piperazine rings is 1. The van der Waals surface area contributed by atoms with Gasteiger partial charge in [-0.05, 0) is 25.0 Å². The molecule has 2 amide bonds. The second kappa shape index (κ2) is 9.80. The van der Waals surface area contributed by atoms with Crippen molar-refractivity contribution in [1.29, 1.82) is 0 Å². The largest absolute Gasteiger partial charge is 0.352 e. The van der Waals surface area contributed by atoms with Crippen LogP contribution >= 0.6 is 11.3 Å². The van der Waals surface area contributed by atoms with E-state index in [0.717, 1.165) is 50.4 Å². The number of aryl methyl sites for hydroxylation is 2. The number of rotatable bonds is 7. The molecule has 0 atom stereocenters. The number of amides is 2. The van der Waals surface area contributed by atoms with Crippen LogP contribution in [0.15, 0.2) is 29.6 Å². The fourth-order valence-electron chi connectivity index (χ4n) is 3.33. The van der Waals surface area contributed by atoms with Crippen molar-refractivity contribution < 1.29 is 9.59 Å². The van der Waals surface area contributed by atoms with Crippen LogP contribution in [-0.2, 0) is 17.8 Å². The van der Waals surface area contributed by atoms with Crippen LogP contribution in [0.25, 0.3) is 0 Å². The minimum atomic E-state index is -0.120. The number of hydrogen-bond donors (Lipinski definition) is 1. The number of hydrogen-bond acceptors (Lipinski definition) is 5. The summed E-state index contributed by atoms with van der Waals surface area (Å²) in [5.41, 5.74) is 2.73. The number of carbonyl (C=O) groups is 2. The normalized spacial score (nSPS) is 14.9. The molecule has 1 aromatic carbocycles. The number of carbonyl (C=O) groups excluding carboxylic acids is 2. The predicted octanol–water partition coefficient (Wildman–Crippen LogP) is 2.48. The number of aromatic nitrogens is 1. The van der Waals surface area contributed by atoms with E-state index in [4.69, 9.17) is 0 Å². The van der Waals surface area contributed by atoms with Crippen LogP contribution in [0.3, 0.4) is 0 Å². The van der Waals surface area contributed by atoms with E-state index in [1.54, 1.807) is 17.4 Å². The summed E-state index contributed by atoms with van der Waals surface area (Å²) in [6.07, 6.45) is 1.32. The Morgan fingerprint density at radius 3 is 2.61 bits per heavy atom. The van der Waals surface area contributed by atoms with E-state index in [-0.39, 0.29) is 11.8 Å². The van der Waals surface area contributed by atoms with Crippen LogP contribution in [-0.4, -0.2) is 59.3 Å². The maximum atomic E-state index is 12.4. The first-order chi connectivity index (χ1) is 13.6. The molecule has 1 saturated heterocycles. The molecule has 1 aliphatic heterocycles. The van der Waals surface area contributed by atoms with Crippen molar-refractivity contribution in [1.82, 2.24) is 20.1 Å². The summed E-state index contributed by atoms with van der Waals surface area (Å²) >= 11 is 1.72.